The summed E-state index contributed by atoms with van der Waals surface area (Å²) in [5, 5.41) is 25.9. The molecular formula is C23H22B3N7O5S. The lowest BCUT2D eigenvalue weighted by Gasteiger charge is -2.23. The van der Waals surface area contributed by atoms with Gasteiger partial charge in [-0.15, -0.1) is 21.5 Å². The summed E-state index contributed by atoms with van der Waals surface area (Å²) in [6.45, 7) is -0.0645. The molecule has 0 unspecified atom stereocenters. The fourth-order valence-corrected chi connectivity index (χ4v) is 4.33. The number of thiazole rings is 1. The van der Waals surface area contributed by atoms with Crippen LogP contribution in [0.5, 0.6) is 5.75 Å². The summed E-state index contributed by atoms with van der Waals surface area (Å²) in [4.78, 5) is 42.0. The lowest BCUT2D eigenvalue weighted by molar-refractivity contribution is -0.117. The van der Waals surface area contributed by atoms with Gasteiger partial charge < -0.3 is 31.1 Å². The number of aliphatic hydroxyl groups is 1. The average molecular weight is 541 g/mol. The number of ether oxygens (including phenoxy) is 1. The zero-order chi connectivity index (χ0) is 28.2. The van der Waals surface area contributed by atoms with Gasteiger partial charge in [-0.05, 0) is 25.0 Å². The van der Waals surface area contributed by atoms with Gasteiger partial charge >= 0.3 is 0 Å². The number of aliphatic hydroxyl groups excluding tert-OH is 1. The summed E-state index contributed by atoms with van der Waals surface area (Å²) >= 11 is 1.13. The van der Waals surface area contributed by atoms with Crippen molar-refractivity contribution >= 4 is 69.8 Å². The minimum atomic E-state index is -2.02. The highest BCUT2D eigenvalue weighted by atomic mass is 32.1. The SMILES string of the molecule is [B]C([B])([B])NC(=O)c1nnc(NC(=O)C2CC2)cc1Nc1cccc(-c2ncc(C(=O)NCCO)s2)c1OC. The van der Waals surface area contributed by atoms with Crippen molar-refractivity contribution in [2.24, 2.45) is 5.92 Å². The van der Waals surface area contributed by atoms with E-state index in [1.807, 2.05) is 0 Å². The minimum Gasteiger partial charge on any atom is -0.494 e. The van der Waals surface area contributed by atoms with Crippen LogP contribution >= 0.6 is 11.3 Å². The van der Waals surface area contributed by atoms with Crippen molar-refractivity contribution in [3.8, 4) is 16.3 Å². The Labute approximate surface area is 232 Å². The highest BCUT2D eigenvalue weighted by Crippen LogP contribution is 2.40. The van der Waals surface area contributed by atoms with E-state index < -0.39 is 11.1 Å². The predicted molar refractivity (Wildman–Crippen MR) is 148 cm³/mol. The van der Waals surface area contributed by atoms with Crippen LogP contribution in [0.2, 0.25) is 0 Å². The molecule has 1 fully saturated rings. The van der Waals surface area contributed by atoms with E-state index in [0.717, 1.165) is 24.2 Å². The second-order valence-electron chi connectivity index (χ2n) is 8.66. The van der Waals surface area contributed by atoms with Gasteiger partial charge in [0.2, 0.25) is 5.91 Å². The van der Waals surface area contributed by atoms with E-state index in [2.05, 4.69) is 36.4 Å². The number of para-hydroxylation sites is 1. The number of anilines is 3. The summed E-state index contributed by atoms with van der Waals surface area (Å²) in [6.07, 6.45) is 3.01. The number of carbonyl (C=O) groups excluding carboxylic acids is 3. The Morgan fingerprint density at radius 1 is 1.15 bits per heavy atom. The van der Waals surface area contributed by atoms with Gasteiger partial charge in [-0.25, -0.2) is 4.98 Å². The first-order valence-corrected chi connectivity index (χ1v) is 12.6. The second kappa shape index (κ2) is 11.9. The maximum atomic E-state index is 12.8. The van der Waals surface area contributed by atoms with Crippen LogP contribution in [-0.4, -0.2) is 87.0 Å². The molecule has 2 heterocycles. The van der Waals surface area contributed by atoms with E-state index in [0.29, 0.717) is 26.9 Å². The van der Waals surface area contributed by atoms with Crippen LogP contribution in [0, 0.1) is 5.92 Å². The zero-order valence-corrected chi connectivity index (χ0v) is 21.7. The molecule has 0 bridgehead atoms. The number of amides is 3. The second-order valence-corrected chi connectivity index (χ2v) is 9.69. The van der Waals surface area contributed by atoms with E-state index in [4.69, 9.17) is 33.4 Å². The molecule has 2 aromatic heterocycles. The Balaban J connectivity index is 1.68. The minimum absolute atomic E-state index is 0.0794. The van der Waals surface area contributed by atoms with E-state index in [9.17, 15) is 14.4 Å². The molecule has 5 N–H and O–H groups in total. The van der Waals surface area contributed by atoms with E-state index in [-0.39, 0.29) is 48.1 Å². The number of carbonyl (C=O) groups is 3. The summed E-state index contributed by atoms with van der Waals surface area (Å²) < 4.78 is 5.66. The summed E-state index contributed by atoms with van der Waals surface area (Å²) in [5.74, 6) is -0.975. The van der Waals surface area contributed by atoms with E-state index in [1.165, 1.54) is 19.4 Å². The van der Waals surface area contributed by atoms with Gasteiger partial charge in [0.1, 0.15) is 9.88 Å². The smallest absolute Gasteiger partial charge is 0.272 e. The van der Waals surface area contributed by atoms with Gasteiger partial charge in [-0.3, -0.25) is 14.4 Å². The Hall–Kier alpha value is -3.91. The van der Waals surface area contributed by atoms with Gasteiger partial charge in [-0.2, -0.15) is 0 Å². The normalized spacial score (nSPS) is 12.9. The van der Waals surface area contributed by atoms with Gasteiger partial charge in [0, 0.05) is 18.5 Å². The van der Waals surface area contributed by atoms with E-state index in [1.54, 1.807) is 18.2 Å². The predicted octanol–water partition coefficient (Wildman–Crippen LogP) is 0.269. The molecule has 194 valence electrons. The molecule has 1 aromatic carbocycles. The molecule has 1 saturated carbocycles. The van der Waals surface area contributed by atoms with Crippen LogP contribution in [-0.2, 0) is 4.79 Å². The maximum Gasteiger partial charge on any atom is 0.272 e. The number of hydrogen-bond acceptors (Lipinski definition) is 10. The first-order chi connectivity index (χ1) is 18.6. The van der Waals surface area contributed by atoms with Crippen LogP contribution in [0.25, 0.3) is 10.6 Å². The molecule has 6 radical (unpaired) electrons. The van der Waals surface area contributed by atoms with Crippen LogP contribution in [0.3, 0.4) is 0 Å². The van der Waals surface area contributed by atoms with Crippen molar-refractivity contribution in [1.29, 1.82) is 0 Å². The Kier molecular flexibility index (Phi) is 8.55. The molecule has 0 spiro atoms. The van der Waals surface area contributed by atoms with Gasteiger partial charge in [0.15, 0.2) is 17.3 Å². The molecule has 1 aliphatic rings. The monoisotopic (exact) mass is 541 g/mol. The molecule has 12 nitrogen and oxygen atoms in total. The van der Waals surface area contributed by atoms with Crippen molar-refractivity contribution < 1.29 is 24.2 Å². The third kappa shape index (κ3) is 7.15. The Morgan fingerprint density at radius 2 is 1.92 bits per heavy atom. The fraction of sp³-hybridized carbons (Fsp3) is 0.304. The first kappa shape index (κ1) is 28.1. The quantitative estimate of drug-likeness (QED) is 0.214. The molecule has 0 aliphatic heterocycles. The molecule has 0 saturated heterocycles. The molecule has 3 amide bonds. The summed E-state index contributed by atoms with van der Waals surface area (Å²) in [5.41, 5.74) is 0.928. The number of aromatic nitrogens is 3. The Bertz CT molecular complexity index is 1390. The number of nitrogens with one attached hydrogen (secondary N) is 4. The lowest BCUT2D eigenvalue weighted by Crippen LogP contribution is -2.50. The molecule has 39 heavy (non-hydrogen) atoms. The summed E-state index contributed by atoms with van der Waals surface area (Å²) in [7, 11) is 18.0. The molecule has 1 aliphatic carbocycles. The first-order valence-electron chi connectivity index (χ1n) is 11.8. The van der Waals surface area contributed by atoms with Crippen LogP contribution in [0.15, 0.2) is 30.5 Å². The van der Waals surface area contributed by atoms with Gasteiger partial charge in [0.05, 0.1) is 60.4 Å². The van der Waals surface area contributed by atoms with Crippen LogP contribution in [0.1, 0.15) is 33.0 Å². The highest BCUT2D eigenvalue weighted by Gasteiger charge is 2.30. The summed E-state index contributed by atoms with van der Waals surface area (Å²) in [6, 6.07) is 6.60. The number of rotatable bonds is 11. The molecule has 16 heteroatoms. The van der Waals surface area contributed by atoms with E-state index >= 15 is 0 Å². The fourth-order valence-electron chi connectivity index (χ4n) is 3.47. The molecule has 4 rings (SSSR count). The molecule has 0 atom stereocenters. The molecule has 3 aromatic rings. The van der Waals surface area contributed by atoms with Crippen molar-refractivity contribution in [2.75, 3.05) is 30.9 Å². The molecular weight excluding hydrogens is 519 g/mol. The number of hydrogen-bond donors (Lipinski definition) is 5. The Morgan fingerprint density at radius 3 is 2.59 bits per heavy atom. The zero-order valence-electron chi connectivity index (χ0n) is 20.9. The largest absolute Gasteiger partial charge is 0.494 e. The maximum absolute atomic E-state index is 12.8. The standard InChI is InChI=1S/C23H22B3N7O5S/c1-38-18-12(22-28-10-15(39-22)20(36)27-7-8-34)3-2-4-13(18)29-14-9-16(30-19(35)11-5-6-11)32-33-17(14)21(37)31-23(24,25)26/h2-4,9-11,34H,5-8H2,1H3,(H,27,36)(H,31,37)(H2,29,30,32,35). The van der Waals surface area contributed by atoms with Gasteiger partial charge in [0.25, 0.3) is 11.8 Å². The van der Waals surface area contributed by atoms with Crippen molar-refractivity contribution in [2.45, 2.75) is 18.1 Å². The number of benzene rings is 1. The third-order valence-electron chi connectivity index (χ3n) is 5.38. The van der Waals surface area contributed by atoms with Crippen molar-refractivity contribution in [3.63, 3.8) is 0 Å². The van der Waals surface area contributed by atoms with Crippen LogP contribution < -0.4 is 26.0 Å². The topological polar surface area (TPSA) is 167 Å². The average Bonchev–Trinajstić information content (AvgIpc) is 3.63. The number of methoxy groups -OCH3 is 1. The van der Waals surface area contributed by atoms with Crippen molar-refractivity contribution in [1.82, 2.24) is 25.8 Å². The van der Waals surface area contributed by atoms with Gasteiger partial charge in [-0.1, -0.05) is 11.3 Å². The lowest BCUT2D eigenvalue weighted by atomic mass is 9.49. The highest BCUT2D eigenvalue weighted by molar-refractivity contribution is 7.17. The third-order valence-corrected chi connectivity index (χ3v) is 6.41. The number of nitrogens with zero attached hydrogens (tertiary/aromatic N) is 3. The van der Waals surface area contributed by atoms with Crippen molar-refractivity contribution in [3.05, 3.63) is 41.0 Å². The van der Waals surface area contributed by atoms with Crippen LogP contribution in [0.4, 0.5) is 17.2 Å².